The Bertz CT molecular complexity index is 680. The number of rotatable bonds is 7. The molecule has 3 N–H and O–H groups in total. The van der Waals surface area contributed by atoms with Crippen LogP contribution < -0.4 is 10.2 Å². The number of phenols is 2. The van der Waals surface area contributed by atoms with Crippen molar-refractivity contribution in [3.05, 3.63) is 53.6 Å². The van der Waals surface area contributed by atoms with Crippen molar-refractivity contribution in [2.45, 2.75) is 20.3 Å². The predicted molar refractivity (Wildman–Crippen MR) is 95.8 cm³/mol. The highest BCUT2D eigenvalue weighted by Crippen LogP contribution is 2.24. The number of nitrogens with zero attached hydrogens (tertiary/aromatic N) is 1. The number of anilines is 1. The summed E-state index contributed by atoms with van der Waals surface area (Å²) in [6, 6.07) is 12.2. The molecule has 0 aliphatic heterocycles. The molecule has 0 spiro atoms. The molecule has 128 valence electrons. The number of hydrogen-bond donors (Lipinski definition) is 3. The SMILES string of the molecule is CCN(CC)c1ccc(C(=O)NCCc2ccc(O)c(O)c2)cc1. The lowest BCUT2D eigenvalue weighted by Crippen LogP contribution is -2.26. The zero-order valence-corrected chi connectivity index (χ0v) is 14.1. The summed E-state index contributed by atoms with van der Waals surface area (Å²) in [5.74, 6) is -0.411. The van der Waals surface area contributed by atoms with Crippen LogP contribution in [0.5, 0.6) is 11.5 Å². The number of benzene rings is 2. The number of hydrogen-bond acceptors (Lipinski definition) is 4. The summed E-state index contributed by atoms with van der Waals surface area (Å²) in [5.41, 5.74) is 2.58. The second-order valence-corrected chi connectivity index (χ2v) is 5.55. The fourth-order valence-electron chi connectivity index (χ4n) is 2.56. The van der Waals surface area contributed by atoms with Gasteiger partial charge in [0.15, 0.2) is 11.5 Å². The van der Waals surface area contributed by atoms with Gasteiger partial charge in [0.25, 0.3) is 5.91 Å². The van der Waals surface area contributed by atoms with E-state index in [1.54, 1.807) is 6.07 Å². The van der Waals surface area contributed by atoms with Crippen LogP contribution in [0, 0.1) is 0 Å². The fourth-order valence-corrected chi connectivity index (χ4v) is 2.56. The van der Waals surface area contributed by atoms with Crippen LogP contribution in [0.2, 0.25) is 0 Å². The molecule has 0 aliphatic rings. The molecule has 0 radical (unpaired) electrons. The molecule has 24 heavy (non-hydrogen) atoms. The van der Waals surface area contributed by atoms with Gasteiger partial charge in [-0.2, -0.15) is 0 Å². The van der Waals surface area contributed by atoms with Gasteiger partial charge in [-0.05, 0) is 62.2 Å². The summed E-state index contributed by atoms with van der Waals surface area (Å²) < 4.78 is 0. The van der Waals surface area contributed by atoms with Gasteiger partial charge in [0.2, 0.25) is 0 Å². The Balaban J connectivity index is 1.89. The summed E-state index contributed by atoms with van der Waals surface area (Å²) >= 11 is 0. The molecule has 0 aliphatic carbocycles. The van der Waals surface area contributed by atoms with Crippen molar-refractivity contribution >= 4 is 11.6 Å². The van der Waals surface area contributed by atoms with Crippen molar-refractivity contribution in [2.75, 3.05) is 24.5 Å². The zero-order chi connectivity index (χ0) is 17.5. The summed E-state index contributed by atoms with van der Waals surface area (Å²) in [6.07, 6.45) is 0.580. The highest BCUT2D eigenvalue weighted by Gasteiger charge is 2.07. The Kier molecular flexibility index (Phi) is 6.07. The molecule has 0 saturated carbocycles. The van der Waals surface area contributed by atoms with E-state index in [4.69, 9.17) is 0 Å². The monoisotopic (exact) mass is 328 g/mol. The standard InChI is InChI=1S/C19H24N2O3/c1-3-21(4-2)16-8-6-15(7-9-16)19(24)20-12-11-14-5-10-17(22)18(23)13-14/h5-10,13,22-23H,3-4,11-12H2,1-2H3,(H,20,24). The Morgan fingerprint density at radius 3 is 2.25 bits per heavy atom. The minimum absolute atomic E-state index is 0.121. The molecule has 5 heteroatoms. The quantitative estimate of drug-likeness (QED) is 0.683. The lowest BCUT2D eigenvalue weighted by molar-refractivity contribution is 0.0954. The van der Waals surface area contributed by atoms with Gasteiger partial charge in [0.1, 0.15) is 0 Å². The average molecular weight is 328 g/mol. The second-order valence-electron chi connectivity index (χ2n) is 5.55. The van der Waals surface area contributed by atoms with E-state index in [9.17, 15) is 15.0 Å². The largest absolute Gasteiger partial charge is 0.504 e. The van der Waals surface area contributed by atoms with Crippen molar-refractivity contribution in [1.82, 2.24) is 5.32 Å². The van der Waals surface area contributed by atoms with Crippen molar-refractivity contribution in [2.24, 2.45) is 0 Å². The minimum atomic E-state index is -0.147. The highest BCUT2D eigenvalue weighted by atomic mass is 16.3. The molecular weight excluding hydrogens is 304 g/mol. The molecule has 0 heterocycles. The smallest absolute Gasteiger partial charge is 0.251 e. The summed E-state index contributed by atoms with van der Waals surface area (Å²) in [7, 11) is 0. The Hall–Kier alpha value is -2.69. The zero-order valence-electron chi connectivity index (χ0n) is 14.1. The van der Waals surface area contributed by atoms with E-state index in [0.29, 0.717) is 18.5 Å². The number of phenolic OH excluding ortho intramolecular Hbond substituents is 2. The first-order valence-corrected chi connectivity index (χ1v) is 8.19. The van der Waals surface area contributed by atoms with Gasteiger partial charge >= 0.3 is 0 Å². The Morgan fingerprint density at radius 1 is 1.00 bits per heavy atom. The molecule has 2 aromatic carbocycles. The lowest BCUT2D eigenvalue weighted by atomic mass is 10.1. The number of carbonyl (C=O) groups is 1. The molecule has 0 fully saturated rings. The summed E-state index contributed by atoms with van der Waals surface area (Å²) in [4.78, 5) is 14.4. The maximum Gasteiger partial charge on any atom is 0.251 e. The van der Waals surface area contributed by atoms with Gasteiger partial charge in [-0.3, -0.25) is 4.79 Å². The van der Waals surface area contributed by atoms with E-state index < -0.39 is 0 Å². The Morgan fingerprint density at radius 2 is 1.67 bits per heavy atom. The van der Waals surface area contributed by atoms with Gasteiger partial charge in [-0.25, -0.2) is 0 Å². The molecule has 0 saturated heterocycles. The van der Waals surface area contributed by atoms with E-state index in [-0.39, 0.29) is 17.4 Å². The average Bonchev–Trinajstić information content (AvgIpc) is 2.59. The van der Waals surface area contributed by atoms with Gasteiger partial charge < -0.3 is 20.4 Å². The first-order valence-electron chi connectivity index (χ1n) is 8.19. The predicted octanol–water partition coefficient (Wildman–Crippen LogP) is 2.92. The maximum atomic E-state index is 12.2. The summed E-state index contributed by atoms with van der Waals surface area (Å²) in [6.45, 7) is 6.53. The van der Waals surface area contributed by atoms with E-state index in [2.05, 4.69) is 24.1 Å². The second kappa shape index (κ2) is 8.24. The van der Waals surface area contributed by atoms with Crippen LogP contribution in [0.4, 0.5) is 5.69 Å². The first kappa shape index (κ1) is 17.7. The van der Waals surface area contributed by atoms with E-state index in [0.717, 1.165) is 24.3 Å². The molecule has 2 rings (SSSR count). The Labute approximate surface area is 142 Å². The number of amides is 1. The molecule has 0 aromatic heterocycles. The normalized spacial score (nSPS) is 10.4. The van der Waals surface area contributed by atoms with Crippen LogP contribution in [0.3, 0.4) is 0 Å². The summed E-state index contributed by atoms with van der Waals surface area (Å²) in [5, 5.41) is 21.6. The maximum absolute atomic E-state index is 12.2. The molecule has 0 atom stereocenters. The third kappa shape index (κ3) is 4.41. The molecule has 1 amide bonds. The van der Waals surface area contributed by atoms with Gasteiger partial charge in [-0.1, -0.05) is 6.07 Å². The van der Waals surface area contributed by atoms with Crippen LogP contribution in [0.15, 0.2) is 42.5 Å². The van der Waals surface area contributed by atoms with Crippen LogP contribution in [0.1, 0.15) is 29.8 Å². The highest BCUT2D eigenvalue weighted by molar-refractivity contribution is 5.94. The van der Waals surface area contributed by atoms with Gasteiger partial charge in [0, 0.05) is 30.9 Å². The van der Waals surface area contributed by atoms with Crippen LogP contribution in [-0.2, 0) is 6.42 Å². The van der Waals surface area contributed by atoms with Crippen LogP contribution in [0.25, 0.3) is 0 Å². The van der Waals surface area contributed by atoms with E-state index in [1.807, 2.05) is 24.3 Å². The van der Waals surface area contributed by atoms with Crippen LogP contribution in [-0.4, -0.2) is 35.8 Å². The molecule has 2 aromatic rings. The molecule has 0 unspecified atom stereocenters. The number of aromatic hydroxyl groups is 2. The van der Waals surface area contributed by atoms with Crippen molar-refractivity contribution in [3.63, 3.8) is 0 Å². The first-order chi connectivity index (χ1) is 11.5. The molecule has 5 nitrogen and oxygen atoms in total. The van der Waals surface area contributed by atoms with Gasteiger partial charge in [-0.15, -0.1) is 0 Å². The van der Waals surface area contributed by atoms with E-state index >= 15 is 0 Å². The molecular formula is C19H24N2O3. The van der Waals surface area contributed by atoms with E-state index in [1.165, 1.54) is 12.1 Å². The molecule has 0 bridgehead atoms. The fraction of sp³-hybridized carbons (Fsp3) is 0.316. The van der Waals surface area contributed by atoms with Crippen molar-refractivity contribution in [1.29, 1.82) is 0 Å². The third-order valence-electron chi connectivity index (χ3n) is 4.00. The third-order valence-corrected chi connectivity index (χ3v) is 4.00. The number of carbonyl (C=O) groups excluding carboxylic acids is 1. The topological polar surface area (TPSA) is 72.8 Å². The lowest BCUT2D eigenvalue weighted by Gasteiger charge is -2.21. The van der Waals surface area contributed by atoms with Crippen LogP contribution >= 0.6 is 0 Å². The number of nitrogens with one attached hydrogen (secondary N) is 1. The van der Waals surface area contributed by atoms with Gasteiger partial charge in [0.05, 0.1) is 0 Å². The van der Waals surface area contributed by atoms with Crippen molar-refractivity contribution < 1.29 is 15.0 Å². The minimum Gasteiger partial charge on any atom is -0.504 e. The van der Waals surface area contributed by atoms with Crippen molar-refractivity contribution in [3.8, 4) is 11.5 Å².